The Balaban J connectivity index is 1.73. The van der Waals surface area contributed by atoms with Gasteiger partial charge in [-0.3, -0.25) is 4.98 Å². The maximum atomic E-state index is 12.9. The molecule has 0 aliphatic carbocycles. The van der Waals surface area contributed by atoms with Crippen molar-refractivity contribution < 1.29 is 14.3 Å². The molecule has 0 saturated carbocycles. The Morgan fingerprint density at radius 3 is 2.84 bits per heavy atom. The lowest BCUT2D eigenvalue weighted by Crippen LogP contribution is -2.39. The van der Waals surface area contributed by atoms with Crippen LogP contribution < -0.4 is 10.1 Å². The van der Waals surface area contributed by atoms with Crippen LogP contribution >= 0.6 is 0 Å². The van der Waals surface area contributed by atoms with Crippen molar-refractivity contribution in [2.45, 2.75) is 25.5 Å². The van der Waals surface area contributed by atoms with Crippen molar-refractivity contribution in [1.29, 1.82) is 0 Å². The first-order valence-electron chi connectivity index (χ1n) is 8.45. The molecule has 0 unspecified atom stereocenters. The van der Waals surface area contributed by atoms with Crippen molar-refractivity contribution in [1.82, 2.24) is 9.88 Å². The topological polar surface area (TPSA) is 63.7 Å². The van der Waals surface area contributed by atoms with Gasteiger partial charge in [0, 0.05) is 32.1 Å². The molecule has 2 amide bonds. The number of methoxy groups -OCH3 is 1. The van der Waals surface area contributed by atoms with Crippen molar-refractivity contribution in [2.75, 3.05) is 25.6 Å². The summed E-state index contributed by atoms with van der Waals surface area (Å²) < 4.78 is 11.0. The smallest absolute Gasteiger partial charge is 0.322 e. The standard InChI is InChI=1S/C19H23N3O3/c1-24-18-7-3-2-6-17(18)21-19(23)22(14-16-5-4-12-25-16)13-15-8-10-20-11-9-15/h2-3,6-11,16H,4-5,12-14H2,1H3,(H,21,23)/t16-/m1/s1. The molecule has 0 bridgehead atoms. The van der Waals surface area contributed by atoms with Crippen molar-refractivity contribution in [3.05, 3.63) is 54.4 Å². The number of anilines is 1. The minimum Gasteiger partial charge on any atom is -0.495 e. The second-order valence-electron chi connectivity index (χ2n) is 6.00. The van der Waals surface area contributed by atoms with Gasteiger partial charge >= 0.3 is 6.03 Å². The van der Waals surface area contributed by atoms with Crippen molar-refractivity contribution >= 4 is 11.7 Å². The lowest BCUT2D eigenvalue weighted by molar-refractivity contribution is 0.0819. The quantitative estimate of drug-likeness (QED) is 0.875. The third kappa shape index (κ3) is 4.70. The molecule has 1 atom stereocenters. The van der Waals surface area contributed by atoms with E-state index in [1.165, 1.54) is 0 Å². The molecule has 1 aromatic heterocycles. The molecule has 132 valence electrons. The fraction of sp³-hybridized carbons (Fsp3) is 0.368. The molecule has 1 aromatic carbocycles. The average Bonchev–Trinajstić information content (AvgIpc) is 3.15. The number of aromatic nitrogens is 1. The number of pyridine rings is 1. The van der Waals surface area contributed by atoms with Crippen LogP contribution in [0.1, 0.15) is 18.4 Å². The second kappa shape index (κ2) is 8.48. The van der Waals surface area contributed by atoms with Gasteiger partial charge in [0.1, 0.15) is 5.75 Å². The molecule has 1 aliphatic rings. The number of carbonyl (C=O) groups is 1. The van der Waals surface area contributed by atoms with Gasteiger partial charge in [0.05, 0.1) is 18.9 Å². The van der Waals surface area contributed by atoms with Crippen LogP contribution in [0.5, 0.6) is 5.75 Å². The monoisotopic (exact) mass is 341 g/mol. The highest BCUT2D eigenvalue weighted by Crippen LogP contribution is 2.24. The molecule has 1 N–H and O–H groups in total. The highest BCUT2D eigenvalue weighted by atomic mass is 16.5. The number of para-hydroxylation sites is 2. The zero-order valence-electron chi connectivity index (χ0n) is 14.4. The number of carbonyl (C=O) groups excluding carboxylic acids is 1. The first kappa shape index (κ1) is 17.2. The number of hydrogen-bond acceptors (Lipinski definition) is 4. The Morgan fingerprint density at radius 1 is 1.32 bits per heavy atom. The van der Waals surface area contributed by atoms with Gasteiger partial charge < -0.3 is 19.7 Å². The molecule has 0 spiro atoms. The Labute approximate surface area is 147 Å². The van der Waals surface area contributed by atoms with E-state index < -0.39 is 0 Å². The van der Waals surface area contributed by atoms with E-state index in [4.69, 9.17) is 9.47 Å². The van der Waals surface area contributed by atoms with Crippen LogP contribution in [0, 0.1) is 0 Å². The summed E-state index contributed by atoms with van der Waals surface area (Å²) in [6, 6.07) is 11.0. The molecule has 1 saturated heterocycles. The minimum atomic E-state index is -0.170. The summed E-state index contributed by atoms with van der Waals surface area (Å²) >= 11 is 0. The van der Waals surface area contributed by atoms with Crippen LogP contribution in [-0.4, -0.2) is 42.3 Å². The Bertz CT molecular complexity index is 687. The molecule has 25 heavy (non-hydrogen) atoms. The molecular weight excluding hydrogens is 318 g/mol. The van der Waals surface area contributed by atoms with E-state index in [0.29, 0.717) is 24.5 Å². The van der Waals surface area contributed by atoms with E-state index in [1.54, 1.807) is 24.4 Å². The van der Waals surface area contributed by atoms with Gasteiger partial charge in [-0.15, -0.1) is 0 Å². The summed E-state index contributed by atoms with van der Waals surface area (Å²) in [5, 5.41) is 2.95. The maximum Gasteiger partial charge on any atom is 0.322 e. The number of hydrogen-bond donors (Lipinski definition) is 1. The third-order valence-corrected chi connectivity index (χ3v) is 4.21. The minimum absolute atomic E-state index is 0.0882. The highest BCUT2D eigenvalue weighted by Gasteiger charge is 2.23. The van der Waals surface area contributed by atoms with Gasteiger partial charge in [-0.05, 0) is 42.7 Å². The Kier molecular flexibility index (Phi) is 5.85. The molecule has 6 nitrogen and oxygen atoms in total. The van der Waals surface area contributed by atoms with Crippen LogP contribution in [0.2, 0.25) is 0 Å². The summed E-state index contributed by atoms with van der Waals surface area (Å²) in [6.07, 6.45) is 5.58. The van der Waals surface area contributed by atoms with Crippen LogP contribution in [0.3, 0.4) is 0 Å². The van der Waals surface area contributed by atoms with Gasteiger partial charge in [-0.25, -0.2) is 4.79 Å². The molecule has 1 aliphatic heterocycles. The van der Waals surface area contributed by atoms with Crippen molar-refractivity contribution in [3.63, 3.8) is 0 Å². The lowest BCUT2D eigenvalue weighted by atomic mass is 10.2. The normalized spacial score (nSPS) is 16.4. The van der Waals surface area contributed by atoms with Crippen LogP contribution in [-0.2, 0) is 11.3 Å². The van der Waals surface area contributed by atoms with E-state index in [1.807, 2.05) is 36.4 Å². The first-order valence-corrected chi connectivity index (χ1v) is 8.45. The molecule has 2 aromatic rings. The predicted octanol–water partition coefficient (Wildman–Crippen LogP) is 3.30. The molecule has 0 radical (unpaired) electrons. The summed E-state index contributed by atoms with van der Waals surface area (Å²) in [6.45, 7) is 1.83. The zero-order chi connectivity index (χ0) is 17.5. The number of benzene rings is 1. The number of amides is 2. The van der Waals surface area contributed by atoms with Crippen molar-refractivity contribution in [2.24, 2.45) is 0 Å². The second-order valence-corrected chi connectivity index (χ2v) is 6.00. The molecule has 2 heterocycles. The number of nitrogens with one attached hydrogen (secondary N) is 1. The number of urea groups is 1. The van der Waals surface area contributed by atoms with Gasteiger partial charge in [0.2, 0.25) is 0 Å². The largest absolute Gasteiger partial charge is 0.495 e. The molecular formula is C19H23N3O3. The van der Waals surface area contributed by atoms with Gasteiger partial charge in [-0.1, -0.05) is 12.1 Å². The number of nitrogens with zero attached hydrogens (tertiary/aromatic N) is 2. The summed E-state index contributed by atoms with van der Waals surface area (Å²) in [5.41, 5.74) is 1.69. The summed E-state index contributed by atoms with van der Waals surface area (Å²) in [7, 11) is 1.59. The molecule has 6 heteroatoms. The molecule has 1 fully saturated rings. The van der Waals surface area contributed by atoms with Gasteiger partial charge in [-0.2, -0.15) is 0 Å². The average molecular weight is 341 g/mol. The number of ether oxygens (including phenoxy) is 2. The lowest BCUT2D eigenvalue weighted by Gasteiger charge is -2.26. The SMILES string of the molecule is COc1ccccc1NC(=O)N(Cc1ccncc1)C[C@H]1CCCO1. The Morgan fingerprint density at radius 2 is 2.12 bits per heavy atom. The van der Waals surface area contributed by atoms with E-state index in [0.717, 1.165) is 25.0 Å². The van der Waals surface area contributed by atoms with Crippen LogP contribution in [0.25, 0.3) is 0 Å². The predicted molar refractivity (Wildman–Crippen MR) is 95.6 cm³/mol. The number of rotatable bonds is 6. The van der Waals surface area contributed by atoms with Gasteiger partial charge in [0.15, 0.2) is 0 Å². The van der Waals surface area contributed by atoms with E-state index in [2.05, 4.69) is 10.3 Å². The zero-order valence-corrected chi connectivity index (χ0v) is 14.4. The van der Waals surface area contributed by atoms with E-state index in [-0.39, 0.29) is 12.1 Å². The fourth-order valence-electron chi connectivity index (χ4n) is 2.90. The van der Waals surface area contributed by atoms with Crippen LogP contribution in [0.15, 0.2) is 48.8 Å². The van der Waals surface area contributed by atoms with Crippen LogP contribution in [0.4, 0.5) is 10.5 Å². The van der Waals surface area contributed by atoms with E-state index in [9.17, 15) is 4.79 Å². The fourth-order valence-corrected chi connectivity index (χ4v) is 2.90. The van der Waals surface area contributed by atoms with E-state index >= 15 is 0 Å². The summed E-state index contributed by atoms with van der Waals surface area (Å²) in [4.78, 5) is 18.7. The summed E-state index contributed by atoms with van der Waals surface area (Å²) in [5.74, 6) is 0.636. The third-order valence-electron chi connectivity index (χ3n) is 4.21. The van der Waals surface area contributed by atoms with Gasteiger partial charge in [0.25, 0.3) is 0 Å². The Hall–Kier alpha value is -2.60. The maximum absolute atomic E-state index is 12.9. The first-order chi connectivity index (χ1) is 12.3. The van der Waals surface area contributed by atoms with Crippen molar-refractivity contribution in [3.8, 4) is 5.75 Å². The molecule has 3 rings (SSSR count). The highest BCUT2D eigenvalue weighted by molar-refractivity contribution is 5.91.